The van der Waals surface area contributed by atoms with E-state index in [-0.39, 0.29) is 11.3 Å². The van der Waals surface area contributed by atoms with E-state index in [1.54, 1.807) is 18.2 Å². The fraction of sp³-hybridized carbons (Fsp3) is 0.462. The lowest BCUT2D eigenvalue weighted by Crippen LogP contribution is -2.33. The minimum Gasteiger partial charge on any atom is -0.398 e. The maximum atomic E-state index is 11.9. The maximum Gasteiger partial charge on any atom is 0.252 e. The molecule has 0 radical (unpaired) electrons. The molecular formula is C13H19ClN2O. The molecule has 0 spiro atoms. The molecule has 0 saturated heterocycles. The topological polar surface area (TPSA) is 55.1 Å². The third-order valence-electron chi connectivity index (χ3n) is 2.96. The Labute approximate surface area is 107 Å². The lowest BCUT2D eigenvalue weighted by Gasteiger charge is -2.23. The van der Waals surface area contributed by atoms with Gasteiger partial charge in [-0.25, -0.2) is 0 Å². The van der Waals surface area contributed by atoms with E-state index in [0.29, 0.717) is 22.8 Å². The van der Waals surface area contributed by atoms with Gasteiger partial charge in [0.2, 0.25) is 0 Å². The highest BCUT2D eigenvalue weighted by molar-refractivity contribution is 6.36. The summed E-state index contributed by atoms with van der Waals surface area (Å²) in [5.41, 5.74) is 6.59. The van der Waals surface area contributed by atoms with Crippen molar-refractivity contribution in [1.82, 2.24) is 5.32 Å². The molecule has 3 N–H and O–H groups in total. The molecule has 3 nitrogen and oxygen atoms in total. The van der Waals surface area contributed by atoms with E-state index in [9.17, 15) is 4.79 Å². The van der Waals surface area contributed by atoms with Crippen LogP contribution in [-0.2, 0) is 0 Å². The number of rotatable bonds is 4. The summed E-state index contributed by atoms with van der Waals surface area (Å²) in [5.74, 6) is -0.177. The lowest BCUT2D eigenvalue weighted by molar-refractivity contribution is 0.0936. The highest BCUT2D eigenvalue weighted by atomic mass is 35.5. The molecule has 4 heteroatoms. The van der Waals surface area contributed by atoms with Gasteiger partial charge in [-0.15, -0.1) is 0 Å². The molecule has 0 fully saturated rings. The monoisotopic (exact) mass is 254 g/mol. The van der Waals surface area contributed by atoms with Crippen molar-refractivity contribution in [3.8, 4) is 0 Å². The van der Waals surface area contributed by atoms with Gasteiger partial charge in [-0.05, 0) is 24.0 Å². The molecule has 0 unspecified atom stereocenters. The smallest absolute Gasteiger partial charge is 0.252 e. The predicted octanol–water partition coefficient (Wildman–Crippen LogP) is 3.09. The van der Waals surface area contributed by atoms with Gasteiger partial charge in [0.1, 0.15) is 0 Å². The Hall–Kier alpha value is -1.22. The van der Waals surface area contributed by atoms with Gasteiger partial charge in [0, 0.05) is 6.54 Å². The van der Waals surface area contributed by atoms with Gasteiger partial charge in [-0.3, -0.25) is 4.79 Å². The van der Waals surface area contributed by atoms with Gasteiger partial charge in [-0.1, -0.05) is 38.4 Å². The van der Waals surface area contributed by atoms with Crippen LogP contribution < -0.4 is 11.1 Å². The van der Waals surface area contributed by atoms with Crippen molar-refractivity contribution >= 4 is 23.2 Å². The summed E-state index contributed by atoms with van der Waals surface area (Å²) in [6.07, 6.45) is 0.998. The van der Waals surface area contributed by atoms with Crippen molar-refractivity contribution in [2.75, 3.05) is 12.3 Å². The molecule has 1 aromatic carbocycles. The number of halogens is 1. The Morgan fingerprint density at radius 2 is 2.12 bits per heavy atom. The van der Waals surface area contributed by atoms with Crippen molar-refractivity contribution in [2.45, 2.75) is 27.2 Å². The van der Waals surface area contributed by atoms with Crippen molar-refractivity contribution in [3.63, 3.8) is 0 Å². The van der Waals surface area contributed by atoms with Crippen LogP contribution in [-0.4, -0.2) is 12.5 Å². The van der Waals surface area contributed by atoms with Crippen LogP contribution in [0.1, 0.15) is 37.6 Å². The van der Waals surface area contributed by atoms with E-state index in [2.05, 4.69) is 26.1 Å². The Bertz CT molecular complexity index is 416. The van der Waals surface area contributed by atoms with Gasteiger partial charge in [0.05, 0.1) is 16.3 Å². The first-order chi connectivity index (χ1) is 7.87. The lowest BCUT2D eigenvalue weighted by atomic mass is 9.90. The average Bonchev–Trinajstić information content (AvgIpc) is 2.30. The molecule has 1 aromatic rings. The van der Waals surface area contributed by atoms with Crippen LogP contribution in [0.25, 0.3) is 0 Å². The third-order valence-corrected chi connectivity index (χ3v) is 3.38. The van der Waals surface area contributed by atoms with E-state index in [1.807, 2.05) is 0 Å². The van der Waals surface area contributed by atoms with E-state index in [1.165, 1.54) is 0 Å². The van der Waals surface area contributed by atoms with Crippen LogP contribution in [0.5, 0.6) is 0 Å². The molecular weight excluding hydrogens is 236 g/mol. The maximum absolute atomic E-state index is 11.9. The summed E-state index contributed by atoms with van der Waals surface area (Å²) in [7, 11) is 0. The fourth-order valence-corrected chi connectivity index (χ4v) is 1.48. The summed E-state index contributed by atoms with van der Waals surface area (Å²) >= 11 is 5.99. The summed E-state index contributed by atoms with van der Waals surface area (Å²) in [5, 5.41) is 3.20. The first-order valence-electron chi connectivity index (χ1n) is 5.69. The van der Waals surface area contributed by atoms with Crippen LogP contribution in [0.3, 0.4) is 0 Å². The molecule has 0 atom stereocenters. The largest absolute Gasteiger partial charge is 0.398 e. The van der Waals surface area contributed by atoms with Crippen LogP contribution in [0.4, 0.5) is 5.69 Å². The first kappa shape index (κ1) is 13.8. The number of hydrogen-bond acceptors (Lipinski definition) is 2. The molecule has 17 heavy (non-hydrogen) atoms. The second kappa shape index (κ2) is 5.41. The quantitative estimate of drug-likeness (QED) is 0.812. The second-order valence-electron chi connectivity index (χ2n) is 4.91. The summed E-state index contributed by atoms with van der Waals surface area (Å²) in [6, 6.07) is 5.07. The van der Waals surface area contributed by atoms with Crippen molar-refractivity contribution in [1.29, 1.82) is 0 Å². The van der Waals surface area contributed by atoms with E-state index in [0.717, 1.165) is 6.42 Å². The highest BCUT2D eigenvalue weighted by Gasteiger charge is 2.18. The third kappa shape index (κ3) is 3.63. The molecule has 0 aliphatic rings. The molecule has 0 bridgehead atoms. The van der Waals surface area contributed by atoms with Crippen molar-refractivity contribution in [3.05, 3.63) is 28.8 Å². The van der Waals surface area contributed by atoms with E-state index in [4.69, 9.17) is 17.3 Å². The minimum absolute atomic E-state index is 0.0858. The predicted molar refractivity (Wildman–Crippen MR) is 72.3 cm³/mol. The van der Waals surface area contributed by atoms with Gasteiger partial charge >= 0.3 is 0 Å². The first-order valence-corrected chi connectivity index (χ1v) is 6.07. The number of nitrogens with two attached hydrogens (primary N) is 1. The Morgan fingerprint density at radius 1 is 1.47 bits per heavy atom. The Balaban J connectivity index is 2.74. The minimum atomic E-state index is -0.177. The zero-order chi connectivity index (χ0) is 13.1. The molecule has 0 saturated carbocycles. The Kier molecular flexibility index (Phi) is 4.40. The Morgan fingerprint density at radius 3 is 2.71 bits per heavy atom. The molecule has 0 aliphatic carbocycles. The van der Waals surface area contributed by atoms with Gasteiger partial charge in [-0.2, -0.15) is 0 Å². The summed E-state index contributed by atoms with van der Waals surface area (Å²) in [4.78, 5) is 11.9. The summed E-state index contributed by atoms with van der Waals surface area (Å²) in [6.45, 7) is 6.93. The van der Waals surface area contributed by atoms with Crippen LogP contribution in [0, 0.1) is 5.41 Å². The second-order valence-corrected chi connectivity index (χ2v) is 5.29. The van der Waals surface area contributed by atoms with Crippen LogP contribution in [0.2, 0.25) is 5.02 Å². The molecule has 0 aliphatic heterocycles. The molecule has 1 amide bonds. The average molecular weight is 255 g/mol. The number of carbonyl (C=O) groups excluding carboxylic acids is 1. The van der Waals surface area contributed by atoms with Crippen LogP contribution >= 0.6 is 11.6 Å². The van der Waals surface area contributed by atoms with E-state index < -0.39 is 0 Å². The number of benzene rings is 1. The standard InChI is InChI=1S/C13H19ClN2O/c1-4-13(2,3)8-16-12(17)9-6-5-7-10(15)11(9)14/h5-7H,4,8,15H2,1-3H3,(H,16,17). The van der Waals surface area contributed by atoms with Gasteiger partial charge in [0.15, 0.2) is 0 Å². The fourth-order valence-electron chi connectivity index (χ4n) is 1.26. The molecule has 0 aromatic heterocycles. The van der Waals surface area contributed by atoms with Gasteiger partial charge in [0.25, 0.3) is 5.91 Å². The van der Waals surface area contributed by atoms with Crippen LogP contribution in [0.15, 0.2) is 18.2 Å². The zero-order valence-electron chi connectivity index (χ0n) is 10.5. The molecule has 1 rings (SSSR count). The number of nitrogen functional groups attached to an aromatic ring is 1. The van der Waals surface area contributed by atoms with Gasteiger partial charge < -0.3 is 11.1 Å². The number of anilines is 1. The number of nitrogens with one attached hydrogen (secondary N) is 1. The zero-order valence-corrected chi connectivity index (χ0v) is 11.3. The van der Waals surface area contributed by atoms with Crippen molar-refractivity contribution < 1.29 is 4.79 Å². The summed E-state index contributed by atoms with van der Waals surface area (Å²) < 4.78 is 0. The number of amides is 1. The molecule has 94 valence electrons. The SMILES string of the molecule is CCC(C)(C)CNC(=O)c1cccc(N)c1Cl. The molecule has 0 heterocycles. The highest BCUT2D eigenvalue weighted by Crippen LogP contribution is 2.23. The number of carbonyl (C=O) groups is 1. The van der Waals surface area contributed by atoms with E-state index >= 15 is 0 Å². The van der Waals surface area contributed by atoms with Crippen molar-refractivity contribution in [2.24, 2.45) is 5.41 Å². The normalized spacial score (nSPS) is 11.3. The number of hydrogen-bond donors (Lipinski definition) is 2.